The van der Waals surface area contributed by atoms with E-state index in [1.807, 2.05) is 0 Å². The molecule has 106 valence electrons. The van der Waals surface area contributed by atoms with E-state index in [0.29, 0.717) is 11.5 Å². The Bertz CT molecular complexity index is 237. The summed E-state index contributed by atoms with van der Waals surface area (Å²) in [5.41, 5.74) is 0.555. The lowest BCUT2D eigenvalue weighted by Crippen LogP contribution is -2.36. The van der Waals surface area contributed by atoms with Gasteiger partial charge in [-0.3, -0.25) is 0 Å². The zero-order valence-electron chi connectivity index (χ0n) is 12.2. The van der Waals surface area contributed by atoms with Crippen LogP contribution in [-0.4, -0.2) is 50.3 Å². The number of nitrogens with zero attached hydrogens (tertiary/aromatic N) is 1. The van der Waals surface area contributed by atoms with E-state index in [-0.39, 0.29) is 0 Å². The van der Waals surface area contributed by atoms with Gasteiger partial charge in [-0.25, -0.2) is 0 Å². The Morgan fingerprint density at radius 1 is 1.22 bits per heavy atom. The predicted octanol–water partition coefficient (Wildman–Crippen LogP) is 2.27. The van der Waals surface area contributed by atoms with Crippen LogP contribution in [-0.2, 0) is 4.74 Å². The summed E-state index contributed by atoms with van der Waals surface area (Å²) in [4.78, 5) is 2.62. The van der Waals surface area contributed by atoms with Crippen LogP contribution >= 0.6 is 0 Å². The van der Waals surface area contributed by atoms with Gasteiger partial charge in [0.25, 0.3) is 0 Å². The molecule has 2 fully saturated rings. The lowest BCUT2D eigenvalue weighted by atomic mass is 9.85. The molecule has 2 aliphatic heterocycles. The molecule has 1 N–H and O–H groups in total. The van der Waals surface area contributed by atoms with E-state index in [4.69, 9.17) is 4.74 Å². The number of likely N-dealkylation sites (tertiary alicyclic amines) is 1. The van der Waals surface area contributed by atoms with Crippen LogP contribution < -0.4 is 5.32 Å². The first-order chi connectivity index (χ1) is 8.66. The molecule has 0 aromatic rings. The zero-order valence-corrected chi connectivity index (χ0v) is 12.2. The summed E-state index contributed by atoms with van der Waals surface area (Å²) in [5, 5.41) is 3.55. The van der Waals surface area contributed by atoms with Crippen molar-refractivity contribution in [1.29, 1.82) is 0 Å². The molecule has 0 radical (unpaired) electrons. The molecule has 0 aliphatic carbocycles. The van der Waals surface area contributed by atoms with E-state index >= 15 is 0 Å². The van der Waals surface area contributed by atoms with Crippen LogP contribution in [0.3, 0.4) is 0 Å². The Morgan fingerprint density at radius 3 is 2.89 bits per heavy atom. The summed E-state index contributed by atoms with van der Waals surface area (Å²) < 4.78 is 5.62. The third-order valence-electron chi connectivity index (χ3n) is 4.43. The molecule has 0 aromatic carbocycles. The molecule has 3 nitrogen and oxygen atoms in total. The van der Waals surface area contributed by atoms with Crippen molar-refractivity contribution in [2.45, 2.75) is 52.1 Å². The molecule has 1 atom stereocenters. The van der Waals surface area contributed by atoms with Gasteiger partial charge in [-0.2, -0.15) is 0 Å². The maximum atomic E-state index is 5.62. The Balaban J connectivity index is 1.55. The zero-order chi connectivity index (χ0) is 12.8. The molecule has 0 aromatic heterocycles. The molecule has 2 aliphatic rings. The van der Waals surface area contributed by atoms with E-state index in [9.17, 15) is 0 Å². The summed E-state index contributed by atoms with van der Waals surface area (Å²) in [6.07, 6.45) is 7.05. The number of nitrogens with one attached hydrogen (secondary N) is 1. The van der Waals surface area contributed by atoms with Gasteiger partial charge >= 0.3 is 0 Å². The van der Waals surface area contributed by atoms with Crippen molar-refractivity contribution in [3.05, 3.63) is 0 Å². The second kappa shape index (κ2) is 6.88. The van der Waals surface area contributed by atoms with Crippen molar-refractivity contribution in [2.75, 3.05) is 39.3 Å². The fourth-order valence-corrected chi connectivity index (χ4v) is 3.01. The second-order valence-electron chi connectivity index (χ2n) is 6.70. The van der Waals surface area contributed by atoms with E-state index in [1.165, 1.54) is 51.7 Å². The highest BCUT2D eigenvalue weighted by atomic mass is 16.5. The van der Waals surface area contributed by atoms with Crippen LogP contribution in [0, 0.1) is 5.41 Å². The average Bonchev–Trinajstić information content (AvgIpc) is 2.77. The summed E-state index contributed by atoms with van der Waals surface area (Å²) in [6, 6.07) is 0. The monoisotopic (exact) mass is 254 g/mol. The number of ether oxygens (including phenoxy) is 1. The Hall–Kier alpha value is -0.120. The molecule has 18 heavy (non-hydrogen) atoms. The SMILES string of the molecule is CC1(C)CCCN(CCNCC2CCCO2)CC1. The van der Waals surface area contributed by atoms with Crippen LogP contribution in [0.1, 0.15) is 46.0 Å². The first-order valence-electron chi connectivity index (χ1n) is 7.70. The van der Waals surface area contributed by atoms with Crippen LogP contribution in [0.25, 0.3) is 0 Å². The number of hydrogen-bond donors (Lipinski definition) is 1. The Kier molecular flexibility index (Phi) is 5.46. The number of rotatable bonds is 5. The first kappa shape index (κ1) is 14.3. The van der Waals surface area contributed by atoms with Gasteiger partial charge in [0.2, 0.25) is 0 Å². The fourth-order valence-electron chi connectivity index (χ4n) is 3.01. The lowest BCUT2D eigenvalue weighted by Gasteiger charge is -2.23. The quantitative estimate of drug-likeness (QED) is 0.762. The van der Waals surface area contributed by atoms with Gasteiger partial charge in [-0.05, 0) is 50.6 Å². The normalized spacial score (nSPS) is 29.3. The van der Waals surface area contributed by atoms with Gasteiger partial charge in [-0.15, -0.1) is 0 Å². The average molecular weight is 254 g/mol. The second-order valence-corrected chi connectivity index (χ2v) is 6.70. The van der Waals surface area contributed by atoms with Crippen molar-refractivity contribution in [2.24, 2.45) is 5.41 Å². The van der Waals surface area contributed by atoms with Crippen molar-refractivity contribution >= 4 is 0 Å². The van der Waals surface area contributed by atoms with Crippen LogP contribution in [0.2, 0.25) is 0 Å². The van der Waals surface area contributed by atoms with Gasteiger partial charge in [0.15, 0.2) is 0 Å². The molecule has 0 saturated carbocycles. The Labute approximate surface area is 112 Å². The van der Waals surface area contributed by atoms with Gasteiger partial charge in [0.1, 0.15) is 0 Å². The lowest BCUT2D eigenvalue weighted by molar-refractivity contribution is 0.109. The largest absolute Gasteiger partial charge is 0.377 e. The molecular formula is C15H30N2O. The minimum atomic E-state index is 0.480. The molecule has 0 amide bonds. The topological polar surface area (TPSA) is 24.5 Å². The molecule has 0 bridgehead atoms. The minimum absolute atomic E-state index is 0.480. The van der Waals surface area contributed by atoms with Crippen molar-refractivity contribution in [3.8, 4) is 0 Å². The molecular weight excluding hydrogens is 224 g/mol. The third-order valence-corrected chi connectivity index (χ3v) is 4.43. The maximum absolute atomic E-state index is 5.62. The van der Waals surface area contributed by atoms with Gasteiger partial charge < -0.3 is 15.0 Å². The first-order valence-corrected chi connectivity index (χ1v) is 7.70. The van der Waals surface area contributed by atoms with Crippen LogP contribution in [0.5, 0.6) is 0 Å². The highest BCUT2D eigenvalue weighted by molar-refractivity contribution is 4.76. The highest BCUT2D eigenvalue weighted by Crippen LogP contribution is 2.29. The predicted molar refractivity (Wildman–Crippen MR) is 75.9 cm³/mol. The molecule has 3 heteroatoms. The van der Waals surface area contributed by atoms with Gasteiger partial charge in [0, 0.05) is 26.2 Å². The fraction of sp³-hybridized carbons (Fsp3) is 1.00. The van der Waals surface area contributed by atoms with E-state index in [1.54, 1.807) is 0 Å². The van der Waals surface area contributed by atoms with Gasteiger partial charge in [0.05, 0.1) is 6.10 Å². The van der Waals surface area contributed by atoms with Crippen molar-refractivity contribution in [1.82, 2.24) is 10.2 Å². The molecule has 0 spiro atoms. The minimum Gasteiger partial charge on any atom is -0.377 e. The molecule has 2 saturated heterocycles. The summed E-state index contributed by atoms with van der Waals surface area (Å²) >= 11 is 0. The summed E-state index contributed by atoms with van der Waals surface area (Å²) in [5.74, 6) is 0. The summed E-state index contributed by atoms with van der Waals surface area (Å²) in [7, 11) is 0. The molecule has 2 heterocycles. The molecule has 2 rings (SSSR count). The standard InChI is InChI=1S/C15H30N2O/c1-15(2)6-4-9-17(10-7-15)11-8-16-13-14-5-3-12-18-14/h14,16H,3-13H2,1-2H3. The van der Waals surface area contributed by atoms with Crippen molar-refractivity contribution in [3.63, 3.8) is 0 Å². The van der Waals surface area contributed by atoms with E-state index in [0.717, 1.165) is 19.7 Å². The van der Waals surface area contributed by atoms with Crippen LogP contribution in [0.15, 0.2) is 0 Å². The van der Waals surface area contributed by atoms with E-state index < -0.39 is 0 Å². The van der Waals surface area contributed by atoms with Gasteiger partial charge in [-0.1, -0.05) is 13.8 Å². The third kappa shape index (κ3) is 4.87. The smallest absolute Gasteiger partial charge is 0.0700 e. The van der Waals surface area contributed by atoms with E-state index in [2.05, 4.69) is 24.1 Å². The summed E-state index contributed by atoms with van der Waals surface area (Å²) in [6.45, 7) is 11.7. The van der Waals surface area contributed by atoms with Crippen LogP contribution in [0.4, 0.5) is 0 Å². The number of hydrogen-bond acceptors (Lipinski definition) is 3. The highest BCUT2D eigenvalue weighted by Gasteiger charge is 2.22. The van der Waals surface area contributed by atoms with Crippen molar-refractivity contribution < 1.29 is 4.74 Å². The Morgan fingerprint density at radius 2 is 2.11 bits per heavy atom. The molecule has 1 unspecified atom stereocenters. The maximum Gasteiger partial charge on any atom is 0.0700 e.